The number of benzene rings is 2. The van der Waals surface area contributed by atoms with Gasteiger partial charge in [0.1, 0.15) is 0 Å². The molecule has 2 heterocycles. The van der Waals surface area contributed by atoms with Gasteiger partial charge in [0.05, 0.1) is 16.8 Å². The summed E-state index contributed by atoms with van der Waals surface area (Å²) >= 11 is 3.55. The second-order valence-corrected chi connectivity index (χ2v) is 10.0. The fourth-order valence-electron chi connectivity index (χ4n) is 4.42. The third-order valence-corrected chi connectivity index (χ3v) is 6.95. The number of rotatable bonds is 6. The Morgan fingerprint density at radius 2 is 1.88 bits per heavy atom. The molecule has 1 N–H and O–H groups in total. The van der Waals surface area contributed by atoms with E-state index >= 15 is 0 Å². The van der Waals surface area contributed by atoms with Crippen molar-refractivity contribution >= 4 is 32.7 Å². The topological polar surface area (TPSA) is 45.2 Å². The first-order valence-corrected chi connectivity index (χ1v) is 12.4. The van der Waals surface area contributed by atoms with E-state index in [1.54, 1.807) is 0 Å². The number of aryl methyl sites for hydroxylation is 1. The Morgan fingerprint density at radius 1 is 1.16 bits per heavy atom. The van der Waals surface area contributed by atoms with Gasteiger partial charge in [-0.15, -0.1) is 0 Å². The van der Waals surface area contributed by atoms with Crippen molar-refractivity contribution in [3.63, 3.8) is 0 Å². The minimum Gasteiger partial charge on any atom is -0.348 e. The molecule has 4 nitrogen and oxygen atoms in total. The smallest absolute Gasteiger partial charge is 0.252 e. The molecule has 0 saturated carbocycles. The van der Waals surface area contributed by atoms with Crippen LogP contribution in [-0.4, -0.2) is 41.5 Å². The van der Waals surface area contributed by atoms with E-state index in [2.05, 4.69) is 71.2 Å². The van der Waals surface area contributed by atoms with Crippen molar-refractivity contribution in [3.05, 3.63) is 64.1 Å². The van der Waals surface area contributed by atoms with E-state index in [1.165, 1.54) is 18.4 Å². The lowest BCUT2D eigenvalue weighted by atomic mass is 9.99. The summed E-state index contributed by atoms with van der Waals surface area (Å²) in [4.78, 5) is 20.7. The zero-order valence-corrected chi connectivity index (χ0v) is 20.8. The minimum absolute atomic E-state index is 0.0418. The summed E-state index contributed by atoms with van der Waals surface area (Å²) in [5, 5.41) is 4.11. The first kappa shape index (κ1) is 22.9. The van der Waals surface area contributed by atoms with Crippen molar-refractivity contribution < 1.29 is 4.79 Å². The van der Waals surface area contributed by atoms with Crippen molar-refractivity contribution in [1.29, 1.82) is 0 Å². The lowest BCUT2D eigenvalue weighted by Gasteiger charge is -2.32. The molecule has 1 aliphatic rings. The number of likely N-dealkylation sites (tertiary alicyclic amines) is 1. The van der Waals surface area contributed by atoms with Gasteiger partial charge in [0.25, 0.3) is 5.91 Å². The normalized spacial score (nSPS) is 16.2. The average Bonchev–Trinajstić information content (AvgIpc) is 2.80. The predicted molar refractivity (Wildman–Crippen MR) is 136 cm³/mol. The number of nitrogens with zero attached hydrogens (tertiary/aromatic N) is 2. The maximum atomic E-state index is 13.4. The third-order valence-electron chi connectivity index (χ3n) is 6.46. The Hall–Kier alpha value is -2.24. The first-order chi connectivity index (χ1) is 15.4. The van der Waals surface area contributed by atoms with Gasteiger partial charge in [0.2, 0.25) is 0 Å². The van der Waals surface area contributed by atoms with Crippen LogP contribution in [0.4, 0.5) is 0 Å². The average molecular weight is 494 g/mol. The van der Waals surface area contributed by atoms with E-state index in [0.29, 0.717) is 5.56 Å². The molecular formula is C27H32BrN3O. The number of carbonyl (C=O) groups excluding carboxylic acids is 1. The number of halogens is 1. The van der Waals surface area contributed by atoms with Gasteiger partial charge in [0.15, 0.2) is 0 Å². The Balaban J connectivity index is 1.60. The van der Waals surface area contributed by atoms with Gasteiger partial charge in [-0.25, -0.2) is 4.98 Å². The molecule has 4 rings (SSSR count). The van der Waals surface area contributed by atoms with Gasteiger partial charge < -0.3 is 10.2 Å². The number of amides is 1. The molecule has 2 aromatic carbocycles. The Bertz CT molecular complexity index is 1090. The van der Waals surface area contributed by atoms with Gasteiger partial charge in [-0.2, -0.15) is 0 Å². The SMILES string of the molecule is CCc1ccc(-c2cc(C(=O)NC(C)CN3CCC(C)CC3)c3cc(Br)ccc3n2)cc1. The molecule has 1 unspecified atom stereocenters. The summed E-state index contributed by atoms with van der Waals surface area (Å²) in [5.74, 6) is 0.766. The third kappa shape index (κ3) is 5.38. The lowest BCUT2D eigenvalue weighted by Crippen LogP contribution is -2.44. The van der Waals surface area contributed by atoms with Gasteiger partial charge in [-0.05, 0) is 75.0 Å². The minimum atomic E-state index is -0.0418. The standard InChI is InChI=1S/C27H32BrN3O/c1-4-20-5-7-21(8-6-20)26-16-24(23-15-22(28)9-10-25(23)30-26)27(32)29-19(3)17-31-13-11-18(2)12-14-31/h5-10,15-16,18-19H,4,11-14,17H2,1-3H3,(H,29,32). The van der Waals surface area contributed by atoms with Gasteiger partial charge in [-0.3, -0.25) is 4.79 Å². The maximum Gasteiger partial charge on any atom is 0.252 e. The first-order valence-electron chi connectivity index (χ1n) is 11.7. The lowest BCUT2D eigenvalue weighted by molar-refractivity contribution is 0.0923. The van der Waals surface area contributed by atoms with E-state index < -0.39 is 0 Å². The summed E-state index contributed by atoms with van der Waals surface area (Å²) in [5.41, 5.74) is 4.64. The Morgan fingerprint density at radius 3 is 2.56 bits per heavy atom. The highest BCUT2D eigenvalue weighted by atomic mass is 79.9. The van der Waals surface area contributed by atoms with Crippen LogP contribution in [0.3, 0.4) is 0 Å². The van der Waals surface area contributed by atoms with Gasteiger partial charge >= 0.3 is 0 Å². The number of pyridine rings is 1. The summed E-state index contributed by atoms with van der Waals surface area (Å²) in [6, 6.07) is 16.4. The van der Waals surface area contributed by atoms with Crippen molar-refractivity contribution in [1.82, 2.24) is 15.2 Å². The number of hydrogen-bond acceptors (Lipinski definition) is 3. The number of nitrogens with one attached hydrogen (secondary N) is 1. The largest absolute Gasteiger partial charge is 0.348 e. The molecule has 0 spiro atoms. The molecule has 168 valence electrons. The predicted octanol–water partition coefficient (Wildman–Crippen LogP) is 6.08. The molecule has 1 fully saturated rings. The van der Waals surface area contributed by atoms with Crippen LogP contribution in [0.25, 0.3) is 22.2 Å². The zero-order chi connectivity index (χ0) is 22.7. The van der Waals surface area contributed by atoms with Gasteiger partial charge in [0, 0.05) is 28.0 Å². The van der Waals surface area contributed by atoms with E-state index in [1.807, 2.05) is 24.3 Å². The van der Waals surface area contributed by atoms with Crippen molar-refractivity contribution in [2.24, 2.45) is 5.92 Å². The van der Waals surface area contributed by atoms with Gasteiger partial charge in [-0.1, -0.05) is 54.0 Å². The molecule has 1 saturated heterocycles. The number of carbonyl (C=O) groups is 1. The van der Waals surface area contributed by atoms with E-state index in [0.717, 1.165) is 58.6 Å². The highest BCUT2D eigenvalue weighted by Crippen LogP contribution is 2.28. The van der Waals surface area contributed by atoms with Crippen LogP contribution < -0.4 is 5.32 Å². The van der Waals surface area contributed by atoms with Crippen LogP contribution in [-0.2, 0) is 6.42 Å². The fourth-order valence-corrected chi connectivity index (χ4v) is 4.79. The molecule has 1 amide bonds. The maximum absolute atomic E-state index is 13.4. The number of fused-ring (bicyclic) bond motifs is 1. The van der Waals surface area contributed by atoms with Crippen LogP contribution >= 0.6 is 15.9 Å². The monoisotopic (exact) mass is 493 g/mol. The molecule has 0 radical (unpaired) electrons. The quantitative estimate of drug-likeness (QED) is 0.452. The van der Waals surface area contributed by atoms with Crippen LogP contribution in [0, 0.1) is 5.92 Å². The second kappa shape index (κ2) is 10.1. The molecular weight excluding hydrogens is 462 g/mol. The van der Waals surface area contributed by atoms with E-state index in [9.17, 15) is 4.79 Å². The van der Waals surface area contributed by atoms with Crippen LogP contribution in [0.15, 0.2) is 53.0 Å². The van der Waals surface area contributed by atoms with Crippen LogP contribution in [0.2, 0.25) is 0 Å². The Labute approximate surface area is 199 Å². The molecule has 1 aromatic heterocycles. The second-order valence-electron chi connectivity index (χ2n) is 9.12. The molecule has 32 heavy (non-hydrogen) atoms. The molecule has 3 aromatic rings. The molecule has 1 atom stereocenters. The molecule has 0 bridgehead atoms. The fraction of sp³-hybridized carbons (Fsp3) is 0.407. The van der Waals surface area contributed by atoms with Crippen LogP contribution in [0.5, 0.6) is 0 Å². The summed E-state index contributed by atoms with van der Waals surface area (Å²) in [7, 11) is 0. The number of hydrogen-bond donors (Lipinski definition) is 1. The number of aromatic nitrogens is 1. The van der Waals surface area contributed by atoms with Crippen molar-refractivity contribution in [2.45, 2.75) is 46.1 Å². The summed E-state index contributed by atoms with van der Waals surface area (Å²) in [6.45, 7) is 9.68. The molecule has 1 aliphatic heterocycles. The Kier molecular flexibility index (Phi) is 7.27. The van der Waals surface area contributed by atoms with E-state index in [-0.39, 0.29) is 11.9 Å². The van der Waals surface area contributed by atoms with Crippen molar-refractivity contribution in [2.75, 3.05) is 19.6 Å². The highest BCUT2D eigenvalue weighted by Gasteiger charge is 2.20. The summed E-state index contributed by atoms with van der Waals surface area (Å²) in [6.07, 6.45) is 3.48. The molecule has 5 heteroatoms. The summed E-state index contributed by atoms with van der Waals surface area (Å²) < 4.78 is 0.941. The molecule has 0 aliphatic carbocycles. The zero-order valence-electron chi connectivity index (χ0n) is 19.2. The number of piperidine rings is 1. The van der Waals surface area contributed by atoms with Crippen LogP contribution in [0.1, 0.15) is 49.5 Å². The van der Waals surface area contributed by atoms with Crippen molar-refractivity contribution in [3.8, 4) is 11.3 Å². The highest BCUT2D eigenvalue weighted by molar-refractivity contribution is 9.10. The van der Waals surface area contributed by atoms with E-state index in [4.69, 9.17) is 4.98 Å².